The fourth-order valence-electron chi connectivity index (χ4n) is 3.65. The van der Waals surface area contributed by atoms with Crippen LogP contribution in [0, 0.1) is 0 Å². The molecular formula is C33H29Cl3N4O6. The molecule has 0 aliphatic rings. The van der Waals surface area contributed by atoms with Gasteiger partial charge in [-0.05, 0) is 121 Å². The van der Waals surface area contributed by atoms with E-state index in [1.54, 1.807) is 37.4 Å². The molecule has 1 amide bonds. The zero-order valence-electron chi connectivity index (χ0n) is 24.8. The Balaban J connectivity index is 0.000000272. The topological polar surface area (TPSA) is 179 Å². The highest BCUT2D eigenvalue weighted by Gasteiger charge is 2.14. The Morgan fingerprint density at radius 2 is 0.891 bits per heavy atom. The third-order valence-electron chi connectivity index (χ3n) is 5.94. The van der Waals surface area contributed by atoms with Crippen LogP contribution in [-0.2, 0) is 0 Å². The van der Waals surface area contributed by atoms with E-state index in [1.807, 2.05) is 18.2 Å². The van der Waals surface area contributed by atoms with E-state index in [2.05, 4.69) is 10.6 Å². The van der Waals surface area contributed by atoms with Gasteiger partial charge in [-0.15, -0.1) is 0 Å². The molecular weight excluding hydrogens is 655 g/mol. The molecule has 4 rings (SSSR count). The molecule has 0 saturated heterocycles. The van der Waals surface area contributed by atoms with Gasteiger partial charge in [-0.25, -0.2) is 0 Å². The van der Waals surface area contributed by atoms with Crippen LogP contribution in [0.2, 0.25) is 0 Å². The van der Waals surface area contributed by atoms with Crippen molar-refractivity contribution in [3.05, 3.63) is 118 Å². The number of hydrogen-bond donors (Lipinski definition) is 4. The average Bonchev–Trinajstić information content (AvgIpc) is 3.01. The number of anilines is 4. The van der Waals surface area contributed by atoms with Gasteiger partial charge in [0.2, 0.25) is 0 Å². The molecule has 238 valence electrons. The van der Waals surface area contributed by atoms with E-state index >= 15 is 0 Å². The number of rotatable bonds is 8. The molecule has 4 aromatic rings. The van der Waals surface area contributed by atoms with Gasteiger partial charge in [0, 0.05) is 63.2 Å². The zero-order valence-corrected chi connectivity index (χ0v) is 27.1. The number of nitrogens with two attached hydrogens (primary N) is 2. The fourth-order valence-corrected chi connectivity index (χ4v) is 3.98. The number of nitrogen functional groups attached to an aromatic ring is 2. The number of halogens is 3. The number of hydrogen-bond acceptors (Lipinski definition) is 9. The SMILES string of the molecule is CNc1cccc(NC(=O)c2cc(C(C)=O)cc(C(C)=O)c2)c1.Nc1cccc(N)c1.O=C(Cl)c1cc(C(=O)Cl)cc(C(=O)Cl)c1. The normalized spacial score (nSPS) is 9.78. The molecule has 13 heteroatoms. The summed E-state index contributed by atoms with van der Waals surface area (Å²) in [7, 11) is 1.79. The fraction of sp³-hybridized carbons (Fsp3) is 0.0909. The van der Waals surface area contributed by atoms with Crippen LogP contribution in [0.3, 0.4) is 0 Å². The second-order valence-corrected chi connectivity index (χ2v) is 10.5. The molecule has 0 unspecified atom stereocenters. The summed E-state index contributed by atoms with van der Waals surface area (Å²) in [5.41, 5.74) is 14.6. The van der Waals surface area contributed by atoms with Crippen molar-refractivity contribution in [1.82, 2.24) is 0 Å². The molecule has 0 heterocycles. The second-order valence-electron chi connectivity index (χ2n) is 9.49. The Morgan fingerprint density at radius 3 is 1.24 bits per heavy atom. The number of ketones is 2. The van der Waals surface area contributed by atoms with Crippen molar-refractivity contribution in [2.45, 2.75) is 13.8 Å². The number of Topliss-reactive ketones (excluding diaryl/α,β-unsaturated/α-hetero) is 2. The molecule has 0 aromatic heterocycles. The van der Waals surface area contributed by atoms with Crippen LogP contribution in [0.5, 0.6) is 0 Å². The molecule has 4 aromatic carbocycles. The van der Waals surface area contributed by atoms with Crippen molar-refractivity contribution in [3.63, 3.8) is 0 Å². The first-order valence-electron chi connectivity index (χ1n) is 13.2. The predicted molar refractivity (Wildman–Crippen MR) is 183 cm³/mol. The number of amides is 1. The van der Waals surface area contributed by atoms with Crippen molar-refractivity contribution in [2.24, 2.45) is 0 Å². The maximum Gasteiger partial charge on any atom is 0.255 e. The number of carbonyl (C=O) groups excluding carboxylic acids is 6. The number of carbonyl (C=O) groups is 6. The summed E-state index contributed by atoms with van der Waals surface area (Å²) in [5, 5.41) is 3.36. The van der Waals surface area contributed by atoms with E-state index in [4.69, 9.17) is 46.3 Å². The number of benzene rings is 4. The van der Waals surface area contributed by atoms with E-state index in [1.165, 1.54) is 50.2 Å². The highest BCUT2D eigenvalue weighted by molar-refractivity contribution is 6.70. The van der Waals surface area contributed by atoms with Gasteiger partial charge in [0.15, 0.2) is 11.6 Å². The van der Waals surface area contributed by atoms with Crippen LogP contribution in [-0.4, -0.2) is 40.2 Å². The first-order chi connectivity index (χ1) is 21.6. The van der Waals surface area contributed by atoms with E-state index in [0.717, 1.165) is 5.69 Å². The Bertz CT molecular complexity index is 1680. The van der Waals surface area contributed by atoms with Crippen molar-refractivity contribution in [3.8, 4) is 0 Å². The lowest BCUT2D eigenvalue weighted by molar-refractivity contribution is 0.101. The Kier molecular flexibility index (Phi) is 14.1. The van der Waals surface area contributed by atoms with Crippen LogP contribution in [0.15, 0.2) is 84.9 Å². The summed E-state index contributed by atoms with van der Waals surface area (Å²) in [4.78, 5) is 68.1. The molecule has 0 bridgehead atoms. The maximum atomic E-state index is 12.4. The molecule has 0 aliphatic heterocycles. The molecule has 0 aliphatic carbocycles. The van der Waals surface area contributed by atoms with Gasteiger partial charge in [0.05, 0.1) is 0 Å². The summed E-state index contributed by atoms with van der Waals surface area (Å²) in [6, 6.07) is 22.4. The van der Waals surface area contributed by atoms with E-state index < -0.39 is 15.7 Å². The van der Waals surface area contributed by atoms with Crippen LogP contribution in [0.25, 0.3) is 0 Å². The van der Waals surface area contributed by atoms with E-state index in [-0.39, 0.29) is 39.7 Å². The standard InChI is InChI=1S/C18H18N2O3.C9H3Cl3O3.C6H8N2/c1-11(21)13-7-14(12(2)22)9-15(8-13)18(23)20-17-6-4-5-16(10-17)19-3;10-7(13)4-1-5(8(11)14)3-6(2-4)9(12)15;7-5-2-1-3-6(8)4-5/h4-10,19H,1-3H3,(H,20,23);1-3H;1-4H,7-8H2. The quantitative estimate of drug-likeness (QED) is 0.0859. The molecule has 0 radical (unpaired) electrons. The van der Waals surface area contributed by atoms with Gasteiger partial charge >= 0.3 is 0 Å². The smallest absolute Gasteiger partial charge is 0.255 e. The van der Waals surface area contributed by atoms with E-state index in [0.29, 0.717) is 28.2 Å². The molecule has 0 fully saturated rings. The maximum absolute atomic E-state index is 12.4. The first-order valence-corrected chi connectivity index (χ1v) is 14.4. The Labute approximate surface area is 280 Å². The lowest BCUT2D eigenvalue weighted by atomic mass is 10.0. The third kappa shape index (κ3) is 11.8. The Morgan fingerprint density at radius 1 is 0.522 bits per heavy atom. The highest BCUT2D eigenvalue weighted by atomic mass is 35.5. The van der Waals surface area contributed by atoms with Crippen molar-refractivity contribution in [1.29, 1.82) is 0 Å². The average molecular weight is 684 g/mol. The zero-order chi connectivity index (χ0) is 34.6. The monoisotopic (exact) mass is 682 g/mol. The lowest BCUT2D eigenvalue weighted by Crippen LogP contribution is -2.14. The molecule has 0 saturated carbocycles. The summed E-state index contributed by atoms with van der Waals surface area (Å²) >= 11 is 15.6. The summed E-state index contributed by atoms with van der Waals surface area (Å²) in [6.45, 7) is 2.80. The minimum atomic E-state index is -0.797. The largest absolute Gasteiger partial charge is 0.399 e. The van der Waals surface area contributed by atoms with Gasteiger partial charge < -0.3 is 22.1 Å². The Hall–Kier alpha value is -5.03. The van der Waals surface area contributed by atoms with Gasteiger partial charge in [-0.2, -0.15) is 0 Å². The van der Waals surface area contributed by atoms with Crippen LogP contribution < -0.4 is 22.1 Å². The van der Waals surface area contributed by atoms with Crippen molar-refractivity contribution >= 4 is 90.8 Å². The van der Waals surface area contributed by atoms with Crippen molar-refractivity contribution < 1.29 is 28.8 Å². The number of nitrogens with one attached hydrogen (secondary N) is 2. The molecule has 10 nitrogen and oxygen atoms in total. The van der Waals surface area contributed by atoms with Gasteiger partial charge in [0.25, 0.3) is 21.6 Å². The minimum Gasteiger partial charge on any atom is -0.399 e. The van der Waals surface area contributed by atoms with Crippen molar-refractivity contribution in [2.75, 3.05) is 29.1 Å². The molecule has 46 heavy (non-hydrogen) atoms. The second kappa shape index (κ2) is 17.5. The third-order valence-corrected chi connectivity index (χ3v) is 6.60. The van der Waals surface area contributed by atoms with Gasteiger partial charge in [0.1, 0.15) is 0 Å². The minimum absolute atomic E-state index is 0.00725. The first kappa shape index (κ1) is 37.2. The van der Waals surface area contributed by atoms with Gasteiger partial charge in [-0.1, -0.05) is 12.1 Å². The van der Waals surface area contributed by atoms with Crippen LogP contribution >= 0.6 is 34.8 Å². The molecule has 0 spiro atoms. The predicted octanol–water partition coefficient (Wildman–Crippen LogP) is 7.06. The summed E-state index contributed by atoms with van der Waals surface area (Å²) < 4.78 is 0. The van der Waals surface area contributed by atoms with Crippen LogP contribution in [0.1, 0.15) is 76.0 Å². The van der Waals surface area contributed by atoms with Gasteiger partial charge in [-0.3, -0.25) is 28.8 Å². The summed E-state index contributed by atoms with van der Waals surface area (Å²) in [5.74, 6) is -0.762. The molecule has 0 atom stereocenters. The lowest BCUT2D eigenvalue weighted by Gasteiger charge is -2.09. The van der Waals surface area contributed by atoms with Crippen LogP contribution in [0.4, 0.5) is 22.7 Å². The summed E-state index contributed by atoms with van der Waals surface area (Å²) in [6.07, 6.45) is 0. The van der Waals surface area contributed by atoms with E-state index in [9.17, 15) is 28.8 Å². The highest BCUT2D eigenvalue weighted by Crippen LogP contribution is 2.18. The molecule has 6 N–H and O–H groups in total.